The number of hydroxylamine groups is 1. The molecule has 0 aliphatic carbocycles. The summed E-state index contributed by atoms with van der Waals surface area (Å²) in [5.41, 5.74) is 3.76. The SMILES string of the molecule is COCOC[C@H](C[C@H](C)C(=O)NO)NC(=O)c1ccc(-c2cc3ccccc3o2)cc1. The fourth-order valence-corrected chi connectivity index (χ4v) is 3.27. The van der Waals surface area contributed by atoms with Gasteiger partial charge in [-0.1, -0.05) is 37.3 Å². The molecule has 0 fully saturated rings. The van der Waals surface area contributed by atoms with Gasteiger partial charge in [-0.2, -0.15) is 0 Å². The lowest BCUT2D eigenvalue weighted by molar-refractivity contribution is -0.133. The number of carbonyl (C=O) groups excluding carboxylic acids is 2. The molecule has 2 atom stereocenters. The van der Waals surface area contributed by atoms with Gasteiger partial charge in [-0.15, -0.1) is 0 Å². The van der Waals surface area contributed by atoms with Gasteiger partial charge in [0.1, 0.15) is 18.1 Å². The van der Waals surface area contributed by atoms with Crippen LogP contribution in [-0.4, -0.2) is 43.6 Å². The van der Waals surface area contributed by atoms with E-state index in [9.17, 15) is 9.59 Å². The van der Waals surface area contributed by atoms with Gasteiger partial charge >= 0.3 is 0 Å². The van der Waals surface area contributed by atoms with Gasteiger partial charge in [0.05, 0.1) is 12.6 Å². The van der Waals surface area contributed by atoms with Crippen LogP contribution in [0.3, 0.4) is 0 Å². The number of nitrogens with one attached hydrogen (secondary N) is 2. The maximum Gasteiger partial charge on any atom is 0.251 e. The first kappa shape index (κ1) is 22.5. The molecule has 1 heterocycles. The van der Waals surface area contributed by atoms with Crippen molar-refractivity contribution in [3.63, 3.8) is 0 Å². The lowest BCUT2D eigenvalue weighted by Crippen LogP contribution is -2.41. The maximum absolute atomic E-state index is 12.7. The van der Waals surface area contributed by atoms with Crippen LogP contribution in [0.1, 0.15) is 23.7 Å². The first-order valence-electron chi connectivity index (χ1n) is 9.92. The molecule has 0 spiro atoms. The van der Waals surface area contributed by atoms with Crippen molar-refractivity contribution < 1.29 is 28.7 Å². The molecular weight excluding hydrogens is 400 g/mol. The van der Waals surface area contributed by atoms with Crippen LogP contribution in [-0.2, 0) is 14.3 Å². The van der Waals surface area contributed by atoms with Crippen LogP contribution in [0.4, 0.5) is 0 Å². The maximum atomic E-state index is 12.7. The summed E-state index contributed by atoms with van der Waals surface area (Å²) >= 11 is 0. The van der Waals surface area contributed by atoms with E-state index in [1.165, 1.54) is 7.11 Å². The predicted molar refractivity (Wildman–Crippen MR) is 114 cm³/mol. The summed E-state index contributed by atoms with van der Waals surface area (Å²) in [6.07, 6.45) is 0.291. The van der Waals surface area contributed by atoms with Crippen molar-refractivity contribution in [1.82, 2.24) is 10.8 Å². The number of methoxy groups -OCH3 is 1. The Morgan fingerprint density at radius 3 is 2.55 bits per heavy atom. The molecule has 3 N–H and O–H groups in total. The van der Waals surface area contributed by atoms with Crippen molar-refractivity contribution in [3.8, 4) is 11.3 Å². The Balaban J connectivity index is 1.68. The highest BCUT2D eigenvalue weighted by Crippen LogP contribution is 2.27. The van der Waals surface area contributed by atoms with Crippen molar-refractivity contribution in [1.29, 1.82) is 0 Å². The van der Waals surface area contributed by atoms with Crippen LogP contribution in [0.15, 0.2) is 59.0 Å². The van der Waals surface area contributed by atoms with Crippen LogP contribution < -0.4 is 10.8 Å². The monoisotopic (exact) mass is 426 g/mol. The topological polar surface area (TPSA) is 110 Å². The summed E-state index contributed by atoms with van der Waals surface area (Å²) in [6, 6.07) is 16.4. The quantitative estimate of drug-likeness (QED) is 0.198. The second-order valence-corrected chi connectivity index (χ2v) is 7.29. The van der Waals surface area contributed by atoms with E-state index in [1.807, 2.05) is 42.5 Å². The van der Waals surface area contributed by atoms with Gasteiger partial charge < -0.3 is 19.2 Å². The third-order valence-electron chi connectivity index (χ3n) is 4.91. The number of benzene rings is 2. The highest BCUT2D eigenvalue weighted by Gasteiger charge is 2.21. The van der Waals surface area contributed by atoms with E-state index in [0.29, 0.717) is 12.0 Å². The molecule has 8 nitrogen and oxygen atoms in total. The summed E-state index contributed by atoms with van der Waals surface area (Å²) in [6.45, 7) is 1.89. The van der Waals surface area contributed by atoms with Gasteiger partial charge in [0.25, 0.3) is 5.91 Å². The van der Waals surface area contributed by atoms with Crippen LogP contribution in [0.25, 0.3) is 22.3 Å². The number of para-hydroxylation sites is 1. The second kappa shape index (κ2) is 10.7. The van der Waals surface area contributed by atoms with Crippen LogP contribution >= 0.6 is 0 Å². The normalized spacial score (nSPS) is 13.0. The number of rotatable bonds is 10. The first-order chi connectivity index (χ1) is 15.0. The zero-order valence-corrected chi connectivity index (χ0v) is 17.5. The number of amides is 2. The van der Waals surface area contributed by atoms with Crippen molar-refractivity contribution in [3.05, 3.63) is 60.2 Å². The number of ether oxygens (including phenoxy) is 2. The smallest absolute Gasteiger partial charge is 0.251 e. The first-order valence-corrected chi connectivity index (χ1v) is 9.92. The molecule has 0 unspecified atom stereocenters. The number of hydrogen-bond acceptors (Lipinski definition) is 6. The van der Waals surface area contributed by atoms with Gasteiger partial charge in [0.2, 0.25) is 5.91 Å². The van der Waals surface area contributed by atoms with E-state index < -0.39 is 17.9 Å². The molecule has 0 saturated carbocycles. The lowest BCUT2D eigenvalue weighted by atomic mass is 10.0. The number of fused-ring (bicyclic) bond motifs is 1. The van der Waals surface area contributed by atoms with Crippen molar-refractivity contribution in [2.75, 3.05) is 20.5 Å². The molecule has 3 aromatic rings. The van der Waals surface area contributed by atoms with Crippen molar-refractivity contribution in [2.45, 2.75) is 19.4 Å². The molecule has 0 aliphatic heterocycles. The highest BCUT2D eigenvalue weighted by molar-refractivity contribution is 5.95. The van der Waals surface area contributed by atoms with Crippen LogP contribution in [0.5, 0.6) is 0 Å². The Bertz CT molecular complexity index is 981. The number of furan rings is 1. The van der Waals surface area contributed by atoms with Crippen LogP contribution in [0.2, 0.25) is 0 Å². The molecule has 0 bridgehead atoms. The lowest BCUT2D eigenvalue weighted by Gasteiger charge is -2.21. The third-order valence-corrected chi connectivity index (χ3v) is 4.91. The zero-order valence-electron chi connectivity index (χ0n) is 17.5. The Morgan fingerprint density at radius 1 is 1.13 bits per heavy atom. The van der Waals surface area contributed by atoms with E-state index in [-0.39, 0.29) is 19.3 Å². The fraction of sp³-hybridized carbons (Fsp3) is 0.304. The van der Waals surface area contributed by atoms with E-state index in [0.717, 1.165) is 22.3 Å². The number of carbonyl (C=O) groups is 2. The van der Waals surface area contributed by atoms with Gasteiger partial charge in [-0.3, -0.25) is 14.8 Å². The van der Waals surface area contributed by atoms with E-state index >= 15 is 0 Å². The Hall–Kier alpha value is -3.20. The van der Waals surface area contributed by atoms with E-state index in [4.69, 9.17) is 19.1 Å². The molecule has 3 rings (SSSR count). The summed E-state index contributed by atoms with van der Waals surface area (Å²) in [4.78, 5) is 24.3. The Kier molecular flexibility index (Phi) is 7.77. The van der Waals surface area contributed by atoms with E-state index in [2.05, 4.69) is 5.32 Å². The molecule has 1 aromatic heterocycles. The Morgan fingerprint density at radius 2 is 1.87 bits per heavy atom. The van der Waals surface area contributed by atoms with Gasteiger partial charge in [0, 0.05) is 29.5 Å². The molecular formula is C23H26N2O6. The number of hydrogen-bond donors (Lipinski definition) is 3. The minimum Gasteiger partial charge on any atom is -0.456 e. The van der Waals surface area contributed by atoms with Crippen molar-refractivity contribution in [2.24, 2.45) is 5.92 Å². The van der Waals surface area contributed by atoms with E-state index in [1.54, 1.807) is 24.5 Å². The summed E-state index contributed by atoms with van der Waals surface area (Å²) < 4.78 is 16.1. The third kappa shape index (κ3) is 5.91. The minimum atomic E-state index is -0.527. The average Bonchev–Trinajstić information content (AvgIpc) is 3.23. The van der Waals surface area contributed by atoms with Crippen LogP contribution in [0, 0.1) is 5.92 Å². The van der Waals surface area contributed by atoms with Gasteiger partial charge in [0.15, 0.2) is 0 Å². The molecule has 31 heavy (non-hydrogen) atoms. The molecule has 0 saturated heterocycles. The van der Waals surface area contributed by atoms with Gasteiger partial charge in [-0.25, -0.2) is 5.48 Å². The molecule has 8 heteroatoms. The Labute approximate surface area is 180 Å². The molecule has 164 valence electrons. The highest BCUT2D eigenvalue weighted by atomic mass is 16.7. The fourth-order valence-electron chi connectivity index (χ4n) is 3.27. The molecule has 2 amide bonds. The second-order valence-electron chi connectivity index (χ2n) is 7.29. The molecule has 0 radical (unpaired) electrons. The summed E-state index contributed by atoms with van der Waals surface area (Å²) in [5, 5.41) is 12.7. The average molecular weight is 426 g/mol. The minimum absolute atomic E-state index is 0.0686. The van der Waals surface area contributed by atoms with Gasteiger partial charge in [-0.05, 0) is 30.7 Å². The van der Waals surface area contributed by atoms with Crippen molar-refractivity contribution >= 4 is 22.8 Å². The summed E-state index contributed by atoms with van der Waals surface area (Å²) in [7, 11) is 1.50. The standard InChI is InChI=1S/C23H26N2O6/c1-15(22(26)25-28)11-19(13-30-14-29-2)24-23(27)17-9-7-16(8-10-17)21-12-18-5-3-4-6-20(18)31-21/h3-10,12,15,19,28H,11,13-14H2,1-2H3,(H,24,27)(H,25,26)/t15-,19-/m0/s1. The summed E-state index contributed by atoms with van der Waals surface area (Å²) in [5.74, 6) is -0.611. The zero-order chi connectivity index (χ0) is 22.2. The molecule has 2 aromatic carbocycles. The largest absolute Gasteiger partial charge is 0.456 e. The molecule has 0 aliphatic rings. The predicted octanol–water partition coefficient (Wildman–Crippen LogP) is 3.35.